The summed E-state index contributed by atoms with van der Waals surface area (Å²) in [6.45, 7) is -0.621. The Kier molecular flexibility index (Phi) is 6.17. The van der Waals surface area contributed by atoms with Crippen LogP contribution in [-0.4, -0.2) is 40.0 Å². The SMILES string of the molecule is [2H]COc1ncc(-c2ccc3c(C(N)=O)nn(C4CC4)c3c2)cc1C(=O)N[C@@H](C[2H])c1cc(OC(F)(F)F)ccc1F. The summed E-state index contributed by atoms with van der Waals surface area (Å²) >= 11 is 0. The van der Waals surface area contributed by atoms with E-state index < -0.39 is 55.3 Å². The number of amides is 2. The molecule has 3 N–H and O–H groups in total. The van der Waals surface area contributed by atoms with Crippen LogP contribution in [0.3, 0.4) is 0 Å². The van der Waals surface area contributed by atoms with E-state index in [-0.39, 0.29) is 23.2 Å². The van der Waals surface area contributed by atoms with Gasteiger partial charge in [-0.1, -0.05) is 6.07 Å². The third kappa shape index (κ3) is 5.40. The summed E-state index contributed by atoms with van der Waals surface area (Å²) in [4.78, 5) is 29.5. The lowest BCUT2D eigenvalue weighted by atomic mass is 10.0. The number of primary amides is 1. The van der Waals surface area contributed by atoms with Crippen molar-refractivity contribution in [3.63, 3.8) is 0 Å². The molecular weight excluding hydrogens is 534 g/mol. The Hall–Kier alpha value is -4.68. The van der Waals surface area contributed by atoms with Crippen molar-refractivity contribution in [3.05, 3.63) is 71.3 Å². The van der Waals surface area contributed by atoms with E-state index in [0.717, 1.165) is 31.0 Å². The third-order valence-corrected chi connectivity index (χ3v) is 6.28. The molecule has 2 amide bonds. The van der Waals surface area contributed by atoms with Crippen molar-refractivity contribution in [1.29, 1.82) is 0 Å². The van der Waals surface area contributed by atoms with Crippen LogP contribution in [0.25, 0.3) is 22.0 Å². The van der Waals surface area contributed by atoms with Crippen LogP contribution in [0.2, 0.25) is 0 Å². The molecule has 1 aliphatic carbocycles. The zero-order chi connectivity index (χ0) is 30.2. The topological polar surface area (TPSA) is 121 Å². The second-order valence-corrected chi connectivity index (χ2v) is 9.10. The highest BCUT2D eigenvalue weighted by molar-refractivity contribution is 6.05. The smallest absolute Gasteiger partial charge is 0.480 e. The van der Waals surface area contributed by atoms with Crippen LogP contribution in [0.4, 0.5) is 17.6 Å². The second-order valence-electron chi connectivity index (χ2n) is 9.10. The van der Waals surface area contributed by atoms with E-state index in [0.29, 0.717) is 22.0 Å². The van der Waals surface area contributed by atoms with Gasteiger partial charge >= 0.3 is 6.36 Å². The highest BCUT2D eigenvalue weighted by atomic mass is 19.4. The lowest BCUT2D eigenvalue weighted by molar-refractivity contribution is -0.274. The molecule has 0 unspecified atom stereocenters. The first-order valence-corrected chi connectivity index (χ1v) is 11.9. The summed E-state index contributed by atoms with van der Waals surface area (Å²) in [7, 11) is -0.581. The van der Waals surface area contributed by atoms with Gasteiger partial charge in [-0.15, -0.1) is 13.2 Å². The number of halogens is 4. The summed E-state index contributed by atoms with van der Waals surface area (Å²) in [6.07, 6.45) is -1.82. The zero-order valence-corrected chi connectivity index (χ0v) is 20.7. The molecule has 2 aromatic carbocycles. The van der Waals surface area contributed by atoms with Crippen LogP contribution in [0, 0.1) is 5.82 Å². The first-order valence-electron chi connectivity index (χ1n) is 13.3. The molecule has 2 heterocycles. The number of nitrogens with one attached hydrogen (secondary N) is 1. The van der Waals surface area contributed by atoms with E-state index in [2.05, 4.69) is 20.1 Å². The molecule has 5 rings (SSSR count). The summed E-state index contributed by atoms with van der Waals surface area (Å²) in [6, 6.07) is 7.60. The number of aromatic nitrogens is 3. The summed E-state index contributed by atoms with van der Waals surface area (Å²) in [5.41, 5.74) is 6.79. The number of nitrogens with zero attached hydrogens (tertiary/aromatic N) is 3. The van der Waals surface area contributed by atoms with Crippen molar-refractivity contribution in [3.8, 4) is 22.8 Å². The average Bonchev–Trinajstić information content (AvgIpc) is 3.71. The van der Waals surface area contributed by atoms with E-state index in [9.17, 15) is 27.2 Å². The number of pyridine rings is 1. The fraction of sp³-hybridized carbons (Fsp3) is 0.259. The number of carbonyl (C=O) groups excluding carboxylic acids is 2. The van der Waals surface area contributed by atoms with Crippen LogP contribution < -0.4 is 20.5 Å². The van der Waals surface area contributed by atoms with Crippen molar-refractivity contribution >= 4 is 22.7 Å². The van der Waals surface area contributed by atoms with Gasteiger partial charge in [0.25, 0.3) is 11.8 Å². The van der Waals surface area contributed by atoms with E-state index in [1.807, 2.05) is 0 Å². The quantitative estimate of drug-likeness (QED) is 0.291. The predicted octanol–water partition coefficient (Wildman–Crippen LogP) is 5.07. The standard InChI is InChI=1S/C27H23F4N5O4/c1-13(19-11-17(6-8-21(19)28)40-27(29,30)31)34-25(38)20-9-15(12-33-26(20)39-2)14-3-7-18-22(10-14)36(16-4-5-16)35-23(18)24(32)37/h3,6-13,16H,4-5H2,1-2H3,(H2,32,37)(H,34,38)/t13-/m0/s1/i1D,2D. The number of fused-ring (bicyclic) bond motifs is 1. The molecule has 9 nitrogen and oxygen atoms in total. The molecule has 1 saturated carbocycles. The number of benzene rings is 2. The van der Waals surface area contributed by atoms with Crippen molar-refractivity contribution in [1.82, 2.24) is 20.1 Å². The number of carbonyl (C=O) groups is 2. The van der Waals surface area contributed by atoms with Gasteiger partial charge in [-0.2, -0.15) is 5.10 Å². The number of rotatable bonds is 8. The minimum atomic E-state index is -5.02. The Balaban J connectivity index is 1.49. The van der Waals surface area contributed by atoms with Crippen molar-refractivity contribution in [2.24, 2.45) is 5.73 Å². The molecule has 2 aromatic heterocycles. The van der Waals surface area contributed by atoms with Gasteiger partial charge in [0.1, 0.15) is 17.1 Å². The number of ether oxygens (including phenoxy) is 2. The molecule has 1 fully saturated rings. The van der Waals surface area contributed by atoms with E-state index >= 15 is 0 Å². The van der Waals surface area contributed by atoms with E-state index in [1.54, 1.807) is 22.9 Å². The average molecular weight is 560 g/mol. The lowest BCUT2D eigenvalue weighted by Gasteiger charge is -2.18. The Bertz CT molecular complexity index is 1680. The Morgan fingerprint density at radius 1 is 1.18 bits per heavy atom. The van der Waals surface area contributed by atoms with Gasteiger partial charge in [0, 0.05) is 24.1 Å². The van der Waals surface area contributed by atoms with Gasteiger partial charge in [0.2, 0.25) is 5.88 Å². The normalized spacial score (nSPS) is 14.8. The van der Waals surface area contributed by atoms with E-state index in [1.165, 1.54) is 12.3 Å². The minimum absolute atomic E-state index is 0.130. The van der Waals surface area contributed by atoms with Crippen LogP contribution in [0.5, 0.6) is 11.6 Å². The van der Waals surface area contributed by atoms with Crippen LogP contribution >= 0.6 is 0 Å². The second kappa shape index (κ2) is 10.1. The number of alkyl halides is 3. The molecule has 4 aromatic rings. The fourth-order valence-corrected chi connectivity index (χ4v) is 4.28. The monoisotopic (exact) mass is 559 g/mol. The molecular formula is C27H23F4N5O4. The maximum atomic E-state index is 14.6. The maximum absolute atomic E-state index is 14.6. The molecule has 208 valence electrons. The first-order chi connectivity index (χ1) is 20.0. The molecule has 40 heavy (non-hydrogen) atoms. The predicted molar refractivity (Wildman–Crippen MR) is 135 cm³/mol. The third-order valence-electron chi connectivity index (χ3n) is 6.28. The molecule has 0 aliphatic heterocycles. The van der Waals surface area contributed by atoms with Crippen molar-refractivity contribution < 1.29 is 39.4 Å². The zero-order valence-electron chi connectivity index (χ0n) is 22.7. The van der Waals surface area contributed by atoms with Crippen molar-refractivity contribution in [2.75, 3.05) is 7.09 Å². The molecule has 1 aliphatic rings. The molecule has 0 radical (unpaired) electrons. The van der Waals surface area contributed by atoms with Crippen LogP contribution in [0.15, 0.2) is 48.7 Å². The van der Waals surface area contributed by atoms with Gasteiger partial charge in [-0.3, -0.25) is 14.3 Å². The molecule has 0 bridgehead atoms. The van der Waals surface area contributed by atoms with Crippen LogP contribution in [-0.2, 0) is 0 Å². The van der Waals surface area contributed by atoms with E-state index in [4.69, 9.17) is 13.2 Å². The van der Waals surface area contributed by atoms with Gasteiger partial charge in [-0.05, 0) is 61.7 Å². The number of hydrogen-bond donors (Lipinski definition) is 2. The lowest BCUT2D eigenvalue weighted by Crippen LogP contribution is -2.28. The summed E-state index contributed by atoms with van der Waals surface area (Å²) in [5, 5.41) is 7.38. The first kappa shape index (κ1) is 24.4. The van der Waals surface area contributed by atoms with Gasteiger partial charge in [0.15, 0.2) is 5.69 Å². The molecule has 0 saturated heterocycles. The maximum Gasteiger partial charge on any atom is 0.573 e. The molecule has 13 heteroatoms. The molecule has 1 atom stereocenters. The minimum Gasteiger partial charge on any atom is -0.480 e. The number of methoxy groups -OCH3 is 1. The molecule has 0 spiro atoms. The largest absolute Gasteiger partial charge is 0.573 e. The van der Waals surface area contributed by atoms with Gasteiger partial charge in [0.05, 0.1) is 26.1 Å². The highest BCUT2D eigenvalue weighted by Crippen LogP contribution is 2.39. The summed E-state index contributed by atoms with van der Waals surface area (Å²) in [5.74, 6) is -3.42. The fourth-order valence-electron chi connectivity index (χ4n) is 4.28. The highest BCUT2D eigenvalue weighted by Gasteiger charge is 2.32. The van der Waals surface area contributed by atoms with Gasteiger partial charge in [-0.25, -0.2) is 9.37 Å². The Labute approximate surface area is 227 Å². The van der Waals surface area contributed by atoms with Gasteiger partial charge < -0.3 is 20.5 Å². The number of nitrogens with two attached hydrogens (primary N) is 1. The van der Waals surface area contributed by atoms with Crippen molar-refractivity contribution in [2.45, 2.75) is 38.2 Å². The number of hydrogen-bond acceptors (Lipinski definition) is 6. The van der Waals surface area contributed by atoms with Crippen LogP contribution in [0.1, 0.15) is 61.0 Å². The Morgan fingerprint density at radius 3 is 2.65 bits per heavy atom. The Morgan fingerprint density at radius 2 is 1.98 bits per heavy atom. The summed E-state index contributed by atoms with van der Waals surface area (Å²) < 4.78 is 78.6.